The Bertz CT molecular complexity index is 625. The third-order valence-electron chi connectivity index (χ3n) is 2.06. The molecule has 8 heteroatoms. The molecular formula is C11H9BrN6O. The fraction of sp³-hybridized carbons (Fsp3) is 0.0909. The minimum Gasteiger partial charge on any atom is -0.495 e. The van der Waals surface area contributed by atoms with Gasteiger partial charge in [0.2, 0.25) is 5.71 Å². The van der Waals surface area contributed by atoms with E-state index in [1.165, 1.54) is 7.11 Å². The number of rotatable bonds is 4. The number of ether oxygens (including phenoxy) is 1. The van der Waals surface area contributed by atoms with E-state index in [2.05, 4.69) is 26.5 Å². The van der Waals surface area contributed by atoms with Gasteiger partial charge in [-0.25, -0.2) is 0 Å². The van der Waals surface area contributed by atoms with Gasteiger partial charge in [-0.1, -0.05) is 0 Å². The normalized spacial score (nSPS) is 10.2. The third kappa shape index (κ3) is 3.44. The number of hydrazone groups is 1. The number of nitrogens with zero attached hydrogens (tertiary/aromatic N) is 3. The number of hydrogen-bond acceptors (Lipinski definition) is 6. The number of nitrogens with one attached hydrogen (secondary N) is 2. The number of anilines is 1. The molecule has 1 aromatic rings. The van der Waals surface area contributed by atoms with E-state index in [4.69, 9.17) is 26.4 Å². The Morgan fingerprint density at radius 1 is 1.53 bits per heavy atom. The van der Waals surface area contributed by atoms with Gasteiger partial charge in [-0.3, -0.25) is 10.8 Å². The highest BCUT2D eigenvalue weighted by Crippen LogP contribution is 2.31. The van der Waals surface area contributed by atoms with Crippen molar-refractivity contribution >= 4 is 33.2 Å². The Labute approximate surface area is 117 Å². The van der Waals surface area contributed by atoms with Crippen molar-refractivity contribution in [1.29, 1.82) is 15.9 Å². The number of nitriles is 2. The summed E-state index contributed by atoms with van der Waals surface area (Å²) in [5.41, 5.74) is 8.05. The van der Waals surface area contributed by atoms with Crippen molar-refractivity contribution in [2.45, 2.75) is 0 Å². The molecule has 0 aromatic heterocycles. The molecule has 0 saturated carbocycles. The van der Waals surface area contributed by atoms with Gasteiger partial charge >= 0.3 is 0 Å². The summed E-state index contributed by atoms with van der Waals surface area (Å²) in [7, 11) is 1.48. The molecule has 1 aromatic carbocycles. The van der Waals surface area contributed by atoms with Crippen LogP contribution < -0.4 is 15.9 Å². The predicted octanol–water partition coefficient (Wildman–Crippen LogP) is 1.56. The van der Waals surface area contributed by atoms with Crippen LogP contribution in [0.2, 0.25) is 0 Å². The largest absolute Gasteiger partial charge is 0.495 e. The lowest BCUT2D eigenvalue weighted by Crippen LogP contribution is -2.22. The van der Waals surface area contributed by atoms with Gasteiger partial charge in [-0.15, -0.1) is 0 Å². The molecule has 0 fully saturated rings. The highest BCUT2D eigenvalue weighted by molar-refractivity contribution is 9.10. The first-order chi connectivity index (χ1) is 9.03. The van der Waals surface area contributed by atoms with E-state index in [1.807, 2.05) is 6.07 Å². The van der Waals surface area contributed by atoms with Crippen LogP contribution in [0.3, 0.4) is 0 Å². The van der Waals surface area contributed by atoms with Crippen LogP contribution in [0.4, 0.5) is 5.69 Å². The molecule has 4 N–H and O–H groups in total. The standard InChI is InChI=1S/C11H9BrN6O/c1-19-10-3-8(6(4-13)2-7(10)12)17-18-9(5-14)11(15)16/h2-3,17H,1H3,(H3,15,16)/b18-9+. The van der Waals surface area contributed by atoms with Crippen LogP contribution >= 0.6 is 15.9 Å². The number of benzene rings is 1. The number of halogens is 1. The average molecular weight is 321 g/mol. The quantitative estimate of drug-likeness (QED) is 0.440. The molecule has 7 nitrogen and oxygen atoms in total. The molecule has 0 amide bonds. The van der Waals surface area contributed by atoms with Crippen molar-refractivity contribution in [3.63, 3.8) is 0 Å². The molecule has 0 aliphatic heterocycles. The molecule has 0 heterocycles. The zero-order valence-electron chi connectivity index (χ0n) is 9.86. The van der Waals surface area contributed by atoms with Gasteiger partial charge in [0, 0.05) is 6.07 Å². The summed E-state index contributed by atoms with van der Waals surface area (Å²) >= 11 is 3.25. The SMILES string of the molecule is COc1cc(N/N=C(\C#N)C(=N)N)c(C#N)cc1Br. The van der Waals surface area contributed by atoms with Gasteiger partial charge in [0.05, 0.1) is 22.8 Å². The summed E-state index contributed by atoms with van der Waals surface area (Å²) in [5.74, 6) is 0.0376. The molecule has 0 aliphatic carbocycles. The van der Waals surface area contributed by atoms with E-state index in [9.17, 15) is 0 Å². The average Bonchev–Trinajstić information content (AvgIpc) is 2.39. The number of hydrogen-bond donors (Lipinski definition) is 3. The van der Waals surface area contributed by atoms with E-state index in [1.54, 1.807) is 18.2 Å². The summed E-state index contributed by atoms with van der Waals surface area (Å²) in [6, 6.07) is 6.73. The smallest absolute Gasteiger partial charge is 0.201 e. The van der Waals surface area contributed by atoms with E-state index < -0.39 is 5.84 Å². The van der Waals surface area contributed by atoms with Gasteiger partial charge in [0.1, 0.15) is 17.9 Å². The lowest BCUT2D eigenvalue weighted by Gasteiger charge is -2.08. The van der Waals surface area contributed by atoms with Crippen molar-refractivity contribution in [1.82, 2.24) is 0 Å². The van der Waals surface area contributed by atoms with Crippen LogP contribution in [0.25, 0.3) is 0 Å². The molecule has 0 atom stereocenters. The zero-order valence-corrected chi connectivity index (χ0v) is 11.4. The van der Waals surface area contributed by atoms with Crippen molar-refractivity contribution in [3.05, 3.63) is 22.2 Å². The van der Waals surface area contributed by atoms with Crippen molar-refractivity contribution in [2.24, 2.45) is 10.8 Å². The second-order valence-corrected chi connectivity index (χ2v) is 4.10. The van der Waals surface area contributed by atoms with E-state index in [-0.39, 0.29) is 5.71 Å². The highest BCUT2D eigenvalue weighted by Gasteiger charge is 2.09. The van der Waals surface area contributed by atoms with Crippen LogP contribution in [-0.4, -0.2) is 18.7 Å². The Morgan fingerprint density at radius 3 is 2.68 bits per heavy atom. The Kier molecular flexibility index (Phi) is 4.86. The predicted molar refractivity (Wildman–Crippen MR) is 74.0 cm³/mol. The maximum absolute atomic E-state index is 9.01. The van der Waals surface area contributed by atoms with Crippen molar-refractivity contribution < 1.29 is 4.74 Å². The van der Waals surface area contributed by atoms with Gasteiger partial charge in [-0.2, -0.15) is 15.6 Å². The second kappa shape index (κ2) is 6.38. The van der Waals surface area contributed by atoms with Gasteiger partial charge in [-0.05, 0) is 22.0 Å². The van der Waals surface area contributed by atoms with Gasteiger partial charge in [0.15, 0.2) is 5.84 Å². The summed E-state index contributed by atoms with van der Waals surface area (Å²) in [5, 5.41) is 28.5. The zero-order chi connectivity index (χ0) is 14.4. The maximum atomic E-state index is 9.01. The first-order valence-corrected chi connectivity index (χ1v) is 5.68. The first kappa shape index (κ1) is 14.5. The molecule has 1 rings (SSSR count). The van der Waals surface area contributed by atoms with Crippen LogP contribution in [-0.2, 0) is 0 Å². The van der Waals surface area contributed by atoms with Crippen LogP contribution in [0.15, 0.2) is 21.7 Å². The van der Waals surface area contributed by atoms with E-state index in [0.29, 0.717) is 21.5 Å². The minimum absolute atomic E-state index is 0.272. The molecule has 0 saturated heterocycles. The molecule has 19 heavy (non-hydrogen) atoms. The molecule has 96 valence electrons. The van der Waals surface area contributed by atoms with Gasteiger partial charge < -0.3 is 10.5 Å². The molecule has 0 aliphatic rings. The molecule has 0 unspecified atom stereocenters. The number of methoxy groups -OCH3 is 1. The molecule has 0 radical (unpaired) electrons. The fourth-order valence-corrected chi connectivity index (χ4v) is 1.66. The topological polar surface area (TPSA) is 131 Å². The van der Waals surface area contributed by atoms with Crippen LogP contribution in [0.5, 0.6) is 5.75 Å². The summed E-state index contributed by atoms with van der Waals surface area (Å²) in [6.45, 7) is 0. The number of nitrogens with two attached hydrogens (primary N) is 1. The lowest BCUT2D eigenvalue weighted by molar-refractivity contribution is 0.412. The van der Waals surface area contributed by atoms with E-state index >= 15 is 0 Å². The fourth-order valence-electron chi connectivity index (χ4n) is 1.16. The lowest BCUT2D eigenvalue weighted by atomic mass is 10.2. The Morgan fingerprint density at radius 2 is 2.21 bits per heavy atom. The van der Waals surface area contributed by atoms with Crippen molar-refractivity contribution in [2.75, 3.05) is 12.5 Å². The van der Waals surface area contributed by atoms with E-state index in [0.717, 1.165) is 0 Å². The molecular weight excluding hydrogens is 312 g/mol. The van der Waals surface area contributed by atoms with Crippen LogP contribution in [0.1, 0.15) is 5.56 Å². The highest BCUT2D eigenvalue weighted by atomic mass is 79.9. The minimum atomic E-state index is -0.461. The Balaban J connectivity index is 3.18. The maximum Gasteiger partial charge on any atom is 0.201 e. The van der Waals surface area contributed by atoms with Crippen LogP contribution in [0, 0.1) is 28.1 Å². The molecule has 0 bridgehead atoms. The summed E-state index contributed by atoms with van der Waals surface area (Å²) in [4.78, 5) is 0. The second-order valence-electron chi connectivity index (χ2n) is 3.24. The number of amidine groups is 1. The monoisotopic (exact) mass is 320 g/mol. The molecule has 0 spiro atoms. The summed E-state index contributed by atoms with van der Waals surface area (Å²) < 4.78 is 5.71. The summed E-state index contributed by atoms with van der Waals surface area (Å²) in [6.07, 6.45) is 0. The Hall–Kier alpha value is -2.58. The third-order valence-corrected chi connectivity index (χ3v) is 2.68. The first-order valence-electron chi connectivity index (χ1n) is 4.89. The van der Waals surface area contributed by atoms with Gasteiger partial charge in [0.25, 0.3) is 0 Å². The van der Waals surface area contributed by atoms with Crippen molar-refractivity contribution in [3.8, 4) is 17.9 Å².